The highest BCUT2D eigenvalue weighted by molar-refractivity contribution is 7.10. The summed E-state index contributed by atoms with van der Waals surface area (Å²) in [6.07, 6.45) is 5.86. The molecule has 1 nitrogen and oxygen atoms in total. The molecule has 15 heavy (non-hydrogen) atoms. The lowest BCUT2D eigenvalue weighted by Gasteiger charge is -2.31. The highest BCUT2D eigenvalue weighted by Gasteiger charge is 2.35. The summed E-state index contributed by atoms with van der Waals surface area (Å²) in [6.45, 7) is 4.20. The van der Waals surface area contributed by atoms with Crippen molar-refractivity contribution in [1.82, 2.24) is 0 Å². The quantitative estimate of drug-likeness (QED) is 0.685. The molecule has 1 fully saturated rings. The van der Waals surface area contributed by atoms with E-state index in [1.807, 2.05) is 11.4 Å². The molecule has 1 aliphatic rings. The zero-order chi connectivity index (χ0) is 10.9. The summed E-state index contributed by atoms with van der Waals surface area (Å²) >= 11 is 1.67. The van der Waals surface area contributed by atoms with Crippen LogP contribution in [0.4, 0.5) is 0 Å². The molecule has 1 aromatic heterocycles. The van der Waals surface area contributed by atoms with E-state index in [-0.39, 0.29) is 5.41 Å². The largest absolute Gasteiger partial charge is 0.294 e. The number of carbonyl (C=O) groups excluding carboxylic acids is 1. The van der Waals surface area contributed by atoms with Crippen LogP contribution in [0.5, 0.6) is 0 Å². The smallest absolute Gasteiger partial charge is 0.169 e. The van der Waals surface area contributed by atoms with Crippen molar-refractivity contribution < 1.29 is 4.79 Å². The Bertz CT molecular complexity index is 358. The van der Waals surface area contributed by atoms with Crippen molar-refractivity contribution in [3.05, 3.63) is 21.9 Å². The average molecular weight is 222 g/mol. The summed E-state index contributed by atoms with van der Waals surface area (Å²) in [7, 11) is 0. The van der Waals surface area contributed by atoms with Crippen molar-refractivity contribution in [2.45, 2.75) is 46.0 Å². The molecule has 0 aliphatic heterocycles. The van der Waals surface area contributed by atoms with Crippen LogP contribution in [0.2, 0.25) is 0 Å². The lowest BCUT2D eigenvalue weighted by molar-refractivity contribution is 0.0750. The molecule has 1 saturated carbocycles. The van der Waals surface area contributed by atoms with Gasteiger partial charge in [0.1, 0.15) is 0 Å². The van der Waals surface area contributed by atoms with E-state index in [0.717, 1.165) is 18.4 Å². The summed E-state index contributed by atoms with van der Waals surface area (Å²) in [4.78, 5) is 13.6. The molecule has 1 heterocycles. The standard InChI is InChI=1S/C13H18OS/c1-10-8-11(9-15-10)12(14)13(2)6-4-3-5-7-13/h8-9H,3-7H2,1-2H3. The first-order valence-electron chi connectivity index (χ1n) is 5.72. The highest BCUT2D eigenvalue weighted by Crippen LogP contribution is 2.39. The summed E-state index contributed by atoms with van der Waals surface area (Å²) in [5.41, 5.74) is 0.855. The predicted octanol–water partition coefficient (Wildman–Crippen LogP) is 4.21. The van der Waals surface area contributed by atoms with Gasteiger partial charge in [-0.1, -0.05) is 26.2 Å². The van der Waals surface area contributed by atoms with Crippen LogP contribution in [0.15, 0.2) is 11.4 Å². The Morgan fingerprint density at radius 2 is 2.00 bits per heavy atom. The molecule has 0 N–H and O–H groups in total. The fourth-order valence-corrected chi connectivity index (χ4v) is 3.15. The number of hydrogen-bond donors (Lipinski definition) is 0. The predicted molar refractivity (Wildman–Crippen MR) is 64.6 cm³/mol. The maximum atomic E-state index is 12.3. The Balaban J connectivity index is 2.19. The van der Waals surface area contributed by atoms with E-state index in [2.05, 4.69) is 13.8 Å². The third-order valence-corrected chi connectivity index (χ3v) is 4.36. The van der Waals surface area contributed by atoms with Gasteiger partial charge < -0.3 is 0 Å². The number of rotatable bonds is 2. The number of hydrogen-bond acceptors (Lipinski definition) is 2. The van der Waals surface area contributed by atoms with Crippen molar-refractivity contribution in [2.75, 3.05) is 0 Å². The van der Waals surface area contributed by atoms with Crippen LogP contribution in [0.3, 0.4) is 0 Å². The second-order valence-electron chi connectivity index (χ2n) is 4.90. The first kappa shape index (κ1) is 10.9. The second kappa shape index (κ2) is 4.09. The van der Waals surface area contributed by atoms with E-state index in [4.69, 9.17) is 0 Å². The summed E-state index contributed by atoms with van der Waals surface area (Å²) in [6, 6.07) is 2.03. The van der Waals surface area contributed by atoms with E-state index in [1.54, 1.807) is 11.3 Å². The van der Waals surface area contributed by atoms with Crippen LogP contribution >= 0.6 is 11.3 Å². The Kier molecular flexibility index (Phi) is 2.96. The van der Waals surface area contributed by atoms with Gasteiger partial charge in [0.15, 0.2) is 5.78 Å². The molecule has 0 atom stereocenters. The number of ketones is 1. The summed E-state index contributed by atoms with van der Waals surface area (Å²) in [5.74, 6) is 0.367. The molecule has 0 bridgehead atoms. The van der Waals surface area contributed by atoms with Crippen LogP contribution in [0.25, 0.3) is 0 Å². The topological polar surface area (TPSA) is 17.1 Å². The van der Waals surface area contributed by atoms with Gasteiger partial charge in [0.2, 0.25) is 0 Å². The summed E-state index contributed by atoms with van der Waals surface area (Å²) < 4.78 is 0. The third kappa shape index (κ3) is 2.15. The highest BCUT2D eigenvalue weighted by atomic mass is 32.1. The zero-order valence-corrected chi connectivity index (χ0v) is 10.3. The fourth-order valence-electron chi connectivity index (χ4n) is 2.47. The first-order valence-corrected chi connectivity index (χ1v) is 6.60. The first-order chi connectivity index (χ1) is 7.12. The van der Waals surface area contributed by atoms with Crippen LogP contribution in [0.1, 0.15) is 54.3 Å². The lowest BCUT2D eigenvalue weighted by atomic mass is 9.71. The van der Waals surface area contributed by atoms with E-state index < -0.39 is 0 Å². The monoisotopic (exact) mass is 222 g/mol. The van der Waals surface area contributed by atoms with Gasteiger partial charge in [-0.15, -0.1) is 11.3 Å². The van der Waals surface area contributed by atoms with Crippen LogP contribution < -0.4 is 0 Å². The lowest BCUT2D eigenvalue weighted by Crippen LogP contribution is -2.29. The minimum absolute atomic E-state index is 0.0776. The zero-order valence-electron chi connectivity index (χ0n) is 9.51. The van der Waals surface area contributed by atoms with Crippen LogP contribution in [0, 0.1) is 12.3 Å². The van der Waals surface area contributed by atoms with Crippen molar-refractivity contribution in [2.24, 2.45) is 5.41 Å². The van der Waals surface area contributed by atoms with Gasteiger partial charge in [0.05, 0.1) is 0 Å². The molecule has 2 heteroatoms. The maximum Gasteiger partial charge on any atom is 0.169 e. The Morgan fingerprint density at radius 1 is 1.33 bits per heavy atom. The molecule has 0 aromatic carbocycles. The molecule has 0 saturated heterocycles. The molecular weight excluding hydrogens is 204 g/mol. The molecule has 0 spiro atoms. The second-order valence-corrected chi connectivity index (χ2v) is 6.01. The van der Waals surface area contributed by atoms with Crippen molar-refractivity contribution >= 4 is 17.1 Å². The van der Waals surface area contributed by atoms with Crippen molar-refractivity contribution in [3.8, 4) is 0 Å². The van der Waals surface area contributed by atoms with Gasteiger partial charge in [-0.25, -0.2) is 0 Å². The number of thiophene rings is 1. The van der Waals surface area contributed by atoms with E-state index >= 15 is 0 Å². The van der Waals surface area contributed by atoms with Gasteiger partial charge in [-0.05, 0) is 25.8 Å². The SMILES string of the molecule is Cc1cc(C(=O)C2(C)CCCCC2)cs1. The number of aryl methyl sites for hydroxylation is 1. The Morgan fingerprint density at radius 3 is 2.53 bits per heavy atom. The van der Waals surface area contributed by atoms with Gasteiger partial charge in [0.25, 0.3) is 0 Å². The average Bonchev–Trinajstić information content (AvgIpc) is 2.65. The molecule has 0 radical (unpaired) electrons. The van der Waals surface area contributed by atoms with Gasteiger partial charge in [-0.2, -0.15) is 0 Å². The number of carbonyl (C=O) groups is 1. The van der Waals surface area contributed by atoms with E-state index in [1.165, 1.54) is 24.1 Å². The van der Waals surface area contributed by atoms with E-state index in [0.29, 0.717) is 5.78 Å². The third-order valence-electron chi connectivity index (χ3n) is 3.50. The van der Waals surface area contributed by atoms with Gasteiger partial charge in [-0.3, -0.25) is 4.79 Å². The molecule has 1 aromatic rings. The minimum Gasteiger partial charge on any atom is -0.294 e. The minimum atomic E-state index is -0.0776. The Hall–Kier alpha value is -0.630. The normalized spacial score (nSPS) is 20.1. The fraction of sp³-hybridized carbons (Fsp3) is 0.615. The summed E-state index contributed by atoms with van der Waals surface area (Å²) in [5, 5.41) is 2.01. The molecule has 82 valence electrons. The van der Waals surface area contributed by atoms with Gasteiger partial charge in [0, 0.05) is 21.2 Å². The molecule has 1 aliphatic carbocycles. The molecule has 0 unspecified atom stereocenters. The molecule has 2 rings (SSSR count). The Labute approximate surface area is 95.5 Å². The van der Waals surface area contributed by atoms with E-state index in [9.17, 15) is 4.79 Å². The molecular formula is C13H18OS. The van der Waals surface area contributed by atoms with Crippen LogP contribution in [-0.4, -0.2) is 5.78 Å². The van der Waals surface area contributed by atoms with Crippen LogP contribution in [-0.2, 0) is 0 Å². The maximum absolute atomic E-state index is 12.3. The number of Topliss-reactive ketones (excluding diaryl/α,β-unsaturated/α-hetero) is 1. The van der Waals surface area contributed by atoms with Crippen molar-refractivity contribution in [3.63, 3.8) is 0 Å². The van der Waals surface area contributed by atoms with Gasteiger partial charge >= 0.3 is 0 Å². The molecule has 0 amide bonds. The van der Waals surface area contributed by atoms with Crippen molar-refractivity contribution in [1.29, 1.82) is 0 Å².